The highest BCUT2D eigenvalue weighted by Gasteiger charge is 2.38. The second-order valence-electron chi connectivity index (χ2n) is 6.14. The predicted octanol–water partition coefficient (Wildman–Crippen LogP) is 1.29. The van der Waals surface area contributed by atoms with Gasteiger partial charge in [0.2, 0.25) is 5.91 Å². The smallest absolute Gasteiger partial charge is 0.240 e. The van der Waals surface area contributed by atoms with Gasteiger partial charge in [0.05, 0.1) is 17.7 Å². The molecule has 1 aromatic carbocycles. The number of hydrogen-bond donors (Lipinski definition) is 3. The molecule has 1 aromatic rings. The molecule has 2 aliphatic rings. The summed E-state index contributed by atoms with van der Waals surface area (Å²) in [5.41, 5.74) is 1.68. The van der Waals surface area contributed by atoms with Gasteiger partial charge in [-0.2, -0.15) is 0 Å². The van der Waals surface area contributed by atoms with Gasteiger partial charge in [-0.1, -0.05) is 24.3 Å². The Balaban J connectivity index is 1.76. The monoisotopic (exact) mass is 274 g/mol. The van der Waals surface area contributed by atoms with Crippen LogP contribution in [0.5, 0.6) is 0 Å². The van der Waals surface area contributed by atoms with Crippen LogP contribution in [-0.2, 0) is 11.2 Å². The van der Waals surface area contributed by atoms with Crippen molar-refractivity contribution in [1.82, 2.24) is 10.6 Å². The quantitative estimate of drug-likeness (QED) is 0.761. The van der Waals surface area contributed by atoms with E-state index in [-0.39, 0.29) is 11.9 Å². The topological polar surface area (TPSA) is 61.4 Å². The van der Waals surface area contributed by atoms with Crippen LogP contribution in [0.1, 0.15) is 43.4 Å². The van der Waals surface area contributed by atoms with Crippen LogP contribution in [0.25, 0.3) is 0 Å². The van der Waals surface area contributed by atoms with Gasteiger partial charge >= 0.3 is 0 Å². The summed E-state index contributed by atoms with van der Waals surface area (Å²) >= 11 is 0. The number of fused-ring (bicyclic) bond motifs is 1. The van der Waals surface area contributed by atoms with Crippen LogP contribution in [0.15, 0.2) is 24.3 Å². The van der Waals surface area contributed by atoms with Crippen molar-refractivity contribution in [1.29, 1.82) is 0 Å². The predicted molar refractivity (Wildman–Crippen MR) is 77.3 cm³/mol. The normalized spacial score (nSPS) is 32.7. The Kier molecular flexibility index (Phi) is 3.52. The highest BCUT2D eigenvalue weighted by atomic mass is 16.3. The molecule has 3 N–H and O–H groups in total. The van der Waals surface area contributed by atoms with Crippen LogP contribution in [0.4, 0.5) is 0 Å². The van der Waals surface area contributed by atoms with Crippen LogP contribution >= 0.6 is 0 Å². The van der Waals surface area contributed by atoms with Crippen molar-refractivity contribution >= 4 is 5.91 Å². The molecule has 1 amide bonds. The second kappa shape index (κ2) is 5.19. The average molecular weight is 274 g/mol. The molecule has 3 atom stereocenters. The van der Waals surface area contributed by atoms with E-state index in [2.05, 4.69) is 10.6 Å². The largest absolute Gasteiger partial charge is 0.390 e. The second-order valence-corrected chi connectivity index (χ2v) is 6.14. The fourth-order valence-corrected chi connectivity index (χ4v) is 3.30. The molecule has 0 spiro atoms. The van der Waals surface area contributed by atoms with Crippen LogP contribution in [0, 0.1) is 0 Å². The zero-order valence-corrected chi connectivity index (χ0v) is 11.9. The molecule has 0 aromatic heterocycles. The minimum Gasteiger partial charge on any atom is -0.390 e. The highest BCUT2D eigenvalue weighted by Crippen LogP contribution is 2.32. The van der Waals surface area contributed by atoms with E-state index in [9.17, 15) is 9.90 Å². The number of aliphatic hydroxyl groups excluding tert-OH is 1. The van der Waals surface area contributed by atoms with Gasteiger partial charge in [-0.15, -0.1) is 0 Å². The summed E-state index contributed by atoms with van der Waals surface area (Å²) in [6.45, 7) is 2.84. The average Bonchev–Trinajstić information content (AvgIpc) is 2.76. The third-order valence-electron chi connectivity index (χ3n) is 4.61. The first kappa shape index (κ1) is 13.6. The van der Waals surface area contributed by atoms with Crippen molar-refractivity contribution in [3.63, 3.8) is 0 Å². The molecule has 1 heterocycles. The van der Waals surface area contributed by atoms with Gasteiger partial charge in [-0.25, -0.2) is 0 Å². The summed E-state index contributed by atoms with van der Waals surface area (Å²) in [6.07, 6.45) is 3.14. The molecule has 108 valence electrons. The van der Waals surface area contributed by atoms with Gasteiger partial charge in [0.25, 0.3) is 0 Å². The standard InChI is InChI=1S/C16H22N2O2/c1-16(8-4-5-9-17-16)15(20)18-14-12-7-3-2-6-11(12)10-13(14)19/h2-3,6-7,13-14,17,19H,4-5,8-10H2,1H3,(H,18,20)/t13-,14+,16?/m0/s1. The lowest BCUT2D eigenvalue weighted by Gasteiger charge is -2.35. The number of carbonyl (C=O) groups excluding carboxylic acids is 1. The van der Waals surface area contributed by atoms with Gasteiger partial charge in [-0.05, 0) is 43.9 Å². The fraction of sp³-hybridized carbons (Fsp3) is 0.562. The van der Waals surface area contributed by atoms with Crippen molar-refractivity contribution in [3.8, 4) is 0 Å². The number of amides is 1. The number of benzene rings is 1. The maximum Gasteiger partial charge on any atom is 0.240 e. The molecule has 4 heteroatoms. The summed E-state index contributed by atoms with van der Waals surface area (Å²) in [5, 5.41) is 16.6. The van der Waals surface area contributed by atoms with Crippen LogP contribution in [-0.4, -0.2) is 29.2 Å². The van der Waals surface area contributed by atoms with Crippen molar-refractivity contribution < 1.29 is 9.90 Å². The highest BCUT2D eigenvalue weighted by molar-refractivity contribution is 5.86. The zero-order chi connectivity index (χ0) is 14.2. The minimum absolute atomic E-state index is 0.00190. The van der Waals surface area contributed by atoms with E-state index in [4.69, 9.17) is 0 Å². The summed E-state index contributed by atoms with van der Waals surface area (Å²) in [4.78, 5) is 12.5. The molecule has 3 rings (SSSR count). The van der Waals surface area contributed by atoms with E-state index in [0.29, 0.717) is 6.42 Å². The van der Waals surface area contributed by atoms with E-state index in [0.717, 1.165) is 36.9 Å². The van der Waals surface area contributed by atoms with Crippen molar-refractivity contribution in [2.75, 3.05) is 6.54 Å². The molecule has 1 aliphatic heterocycles. The molecule has 1 fully saturated rings. The number of aliphatic hydroxyl groups is 1. The molecule has 0 bridgehead atoms. The number of hydrogen-bond acceptors (Lipinski definition) is 3. The molecule has 1 saturated heterocycles. The molecule has 1 unspecified atom stereocenters. The van der Waals surface area contributed by atoms with E-state index in [1.807, 2.05) is 31.2 Å². The van der Waals surface area contributed by atoms with Crippen molar-refractivity contribution in [3.05, 3.63) is 35.4 Å². The number of carbonyl (C=O) groups is 1. The van der Waals surface area contributed by atoms with Crippen molar-refractivity contribution in [2.24, 2.45) is 0 Å². The summed E-state index contributed by atoms with van der Waals surface area (Å²) < 4.78 is 0. The lowest BCUT2D eigenvalue weighted by Crippen LogP contribution is -2.58. The third-order valence-corrected chi connectivity index (χ3v) is 4.61. The number of nitrogens with one attached hydrogen (secondary N) is 2. The third kappa shape index (κ3) is 2.34. The lowest BCUT2D eigenvalue weighted by molar-refractivity contribution is -0.129. The van der Waals surface area contributed by atoms with Gasteiger partial charge in [0.15, 0.2) is 0 Å². The SMILES string of the molecule is CC1(C(=O)N[C@@H]2c3ccccc3C[C@@H]2O)CCCCN1. The first-order valence-corrected chi connectivity index (χ1v) is 7.42. The lowest BCUT2D eigenvalue weighted by atomic mass is 9.89. The van der Waals surface area contributed by atoms with Crippen LogP contribution < -0.4 is 10.6 Å². The molecule has 20 heavy (non-hydrogen) atoms. The summed E-state index contributed by atoms with van der Waals surface area (Å²) in [7, 11) is 0. The van der Waals surface area contributed by atoms with Gasteiger partial charge in [-0.3, -0.25) is 4.79 Å². The Morgan fingerprint density at radius 3 is 2.95 bits per heavy atom. The van der Waals surface area contributed by atoms with E-state index >= 15 is 0 Å². The Hall–Kier alpha value is -1.39. The van der Waals surface area contributed by atoms with E-state index in [1.165, 1.54) is 0 Å². The maximum atomic E-state index is 12.5. The Morgan fingerprint density at radius 2 is 2.20 bits per heavy atom. The molecular weight excluding hydrogens is 252 g/mol. The fourth-order valence-electron chi connectivity index (χ4n) is 3.30. The molecular formula is C16H22N2O2. The first-order chi connectivity index (χ1) is 9.60. The molecule has 4 nitrogen and oxygen atoms in total. The molecule has 0 saturated carbocycles. The zero-order valence-electron chi connectivity index (χ0n) is 11.9. The van der Waals surface area contributed by atoms with Gasteiger partial charge < -0.3 is 15.7 Å². The Morgan fingerprint density at radius 1 is 1.40 bits per heavy atom. The van der Waals surface area contributed by atoms with Crippen molar-refractivity contribution in [2.45, 2.75) is 50.3 Å². The maximum absolute atomic E-state index is 12.5. The number of rotatable bonds is 2. The van der Waals surface area contributed by atoms with Crippen LogP contribution in [0.2, 0.25) is 0 Å². The van der Waals surface area contributed by atoms with E-state index in [1.54, 1.807) is 0 Å². The Bertz CT molecular complexity index is 509. The number of piperidine rings is 1. The van der Waals surface area contributed by atoms with E-state index < -0.39 is 11.6 Å². The van der Waals surface area contributed by atoms with Crippen LogP contribution in [0.3, 0.4) is 0 Å². The summed E-state index contributed by atoms with van der Waals surface area (Å²) in [6, 6.07) is 7.66. The minimum atomic E-state index is -0.524. The van der Waals surface area contributed by atoms with Gasteiger partial charge in [0, 0.05) is 6.42 Å². The molecule has 1 aliphatic carbocycles. The van der Waals surface area contributed by atoms with Gasteiger partial charge in [0.1, 0.15) is 0 Å². The first-order valence-electron chi connectivity index (χ1n) is 7.42. The Labute approximate surface area is 119 Å². The summed E-state index contributed by atoms with van der Waals surface area (Å²) in [5.74, 6) is -0.00190. The molecule has 0 radical (unpaired) electrons.